The molecule has 0 aliphatic rings. The minimum atomic E-state index is -1.03. The number of aromatic carboxylic acids is 1. The standard InChI is InChI=1S/C14H10ClN3O2/c1-8-5-6-10(15)12(7-8)18-11-4-2-3-9(14(19)20)13(11)16-17-18/h2-7H,1H3,(H,19,20). The molecule has 1 N–H and O–H groups in total. The van der Waals surface area contributed by atoms with E-state index in [4.69, 9.17) is 16.7 Å². The highest BCUT2D eigenvalue weighted by molar-refractivity contribution is 6.32. The number of hydrogen-bond donors (Lipinski definition) is 1. The van der Waals surface area contributed by atoms with Crippen LogP contribution < -0.4 is 0 Å². The van der Waals surface area contributed by atoms with Gasteiger partial charge in [0.25, 0.3) is 0 Å². The highest BCUT2D eigenvalue weighted by atomic mass is 35.5. The average Bonchev–Trinajstić information content (AvgIpc) is 2.85. The molecular formula is C14H10ClN3O2. The zero-order chi connectivity index (χ0) is 14.3. The molecule has 0 amide bonds. The fourth-order valence-corrected chi connectivity index (χ4v) is 2.28. The lowest BCUT2D eigenvalue weighted by molar-refractivity contribution is 0.0699. The van der Waals surface area contributed by atoms with Gasteiger partial charge in [-0.1, -0.05) is 28.9 Å². The molecule has 0 atom stereocenters. The molecule has 0 fully saturated rings. The zero-order valence-electron chi connectivity index (χ0n) is 10.5. The highest BCUT2D eigenvalue weighted by Crippen LogP contribution is 2.25. The fourth-order valence-electron chi connectivity index (χ4n) is 2.08. The summed E-state index contributed by atoms with van der Waals surface area (Å²) in [6, 6.07) is 10.5. The molecule has 3 rings (SSSR count). The lowest BCUT2D eigenvalue weighted by atomic mass is 10.1. The van der Waals surface area contributed by atoms with Crippen molar-refractivity contribution >= 4 is 28.6 Å². The number of nitrogens with zero attached hydrogens (tertiary/aromatic N) is 3. The Balaban J connectivity index is 2.31. The topological polar surface area (TPSA) is 68.0 Å². The van der Waals surface area contributed by atoms with E-state index in [-0.39, 0.29) is 5.56 Å². The number of carbonyl (C=O) groups is 1. The quantitative estimate of drug-likeness (QED) is 0.786. The van der Waals surface area contributed by atoms with E-state index >= 15 is 0 Å². The number of fused-ring (bicyclic) bond motifs is 1. The molecule has 3 aromatic rings. The van der Waals surface area contributed by atoms with E-state index in [1.54, 1.807) is 22.9 Å². The van der Waals surface area contributed by atoms with Gasteiger partial charge in [0, 0.05) is 0 Å². The van der Waals surface area contributed by atoms with E-state index in [0.717, 1.165) is 5.56 Å². The molecule has 5 nitrogen and oxygen atoms in total. The number of halogens is 1. The van der Waals surface area contributed by atoms with E-state index in [1.165, 1.54) is 6.07 Å². The van der Waals surface area contributed by atoms with E-state index in [2.05, 4.69) is 10.3 Å². The van der Waals surface area contributed by atoms with E-state index in [0.29, 0.717) is 21.7 Å². The summed E-state index contributed by atoms with van der Waals surface area (Å²) >= 11 is 6.19. The molecule has 0 aliphatic heterocycles. The maximum Gasteiger partial charge on any atom is 0.338 e. The van der Waals surface area contributed by atoms with E-state index in [9.17, 15) is 4.79 Å². The van der Waals surface area contributed by atoms with Crippen LogP contribution in [0.1, 0.15) is 15.9 Å². The molecule has 0 unspecified atom stereocenters. The molecule has 2 aromatic carbocycles. The number of aromatic nitrogens is 3. The van der Waals surface area contributed by atoms with Crippen LogP contribution in [0.5, 0.6) is 0 Å². The van der Waals surface area contributed by atoms with Crippen molar-refractivity contribution < 1.29 is 9.90 Å². The first-order valence-corrected chi connectivity index (χ1v) is 6.30. The molecule has 0 bridgehead atoms. The Kier molecular flexibility index (Phi) is 2.91. The van der Waals surface area contributed by atoms with Crippen molar-refractivity contribution in [2.75, 3.05) is 0 Å². The summed E-state index contributed by atoms with van der Waals surface area (Å²) in [7, 11) is 0. The number of carboxylic acids is 1. The normalized spacial score (nSPS) is 10.9. The summed E-state index contributed by atoms with van der Waals surface area (Å²) in [6.45, 7) is 1.95. The smallest absolute Gasteiger partial charge is 0.338 e. The minimum absolute atomic E-state index is 0.123. The molecule has 0 spiro atoms. The highest BCUT2D eigenvalue weighted by Gasteiger charge is 2.15. The van der Waals surface area contributed by atoms with Crippen LogP contribution in [0.4, 0.5) is 0 Å². The summed E-state index contributed by atoms with van der Waals surface area (Å²) < 4.78 is 1.55. The van der Waals surface area contributed by atoms with Gasteiger partial charge in [-0.05, 0) is 36.8 Å². The van der Waals surface area contributed by atoms with Gasteiger partial charge in [0.15, 0.2) is 0 Å². The number of benzene rings is 2. The second-order valence-corrected chi connectivity index (χ2v) is 4.84. The van der Waals surface area contributed by atoms with Crippen LogP contribution in [-0.4, -0.2) is 26.1 Å². The van der Waals surface area contributed by atoms with E-state index in [1.807, 2.05) is 19.1 Å². The van der Waals surface area contributed by atoms with Crippen molar-refractivity contribution in [1.82, 2.24) is 15.0 Å². The summed E-state index contributed by atoms with van der Waals surface area (Å²) in [5.74, 6) is -1.03. The maximum atomic E-state index is 11.2. The molecule has 1 aromatic heterocycles. The van der Waals surface area contributed by atoms with Crippen molar-refractivity contribution in [2.24, 2.45) is 0 Å². The van der Waals surface area contributed by atoms with Crippen LogP contribution in [0, 0.1) is 6.92 Å². The lowest BCUT2D eigenvalue weighted by Gasteiger charge is -2.06. The molecule has 100 valence electrons. The number of rotatable bonds is 2. The number of hydrogen-bond acceptors (Lipinski definition) is 3. The number of aryl methyl sites for hydroxylation is 1. The van der Waals surface area contributed by atoms with Gasteiger partial charge >= 0.3 is 5.97 Å². The van der Waals surface area contributed by atoms with Crippen LogP contribution in [0.2, 0.25) is 5.02 Å². The molecule has 0 saturated carbocycles. The van der Waals surface area contributed by atoms with Gasteiger partial charge in [-0.2, -0.15) is 0 Å². The largest absolute Gasteiger partial charge is 0.478 e. The predicted molar refractivity (Wildman–Crippen MR) is 75.6 cm³/mol. The first-order valence-electron chi connectivity index (χ1n) is 5.92. The Hall–Kier alpha value is -2.40. The van der Waals surface area contributed by atoms with Crippen molar-refractivity contribution in [3.8, 4) is 5.69 Å². The van der Waals surface area contributed by atoms with Crippen LogP contribution in [0.3, 0.4) is 0 Å². The van der Waals surface area contributed by atoms with Crippen LogP contribution in [-0.2, 0) is 0 Å². The Morgan fingerprint density at radius 3 is 2.85 bits per heavy atom. The third-order valence-corrected chi connectivity index (χ3v) is 3.36. The zero-order valence-corrected chi connectivity index (χ0v) is 11.3. The minimum Gasteiger partial charge on any atom is -0.478 e. The third-order valence-electron chi connectivity index (χ3n) is 3.04. The van der Waals surface area contributed by atoms with Gasteiger partial charge in [0.05, 0.1) is 21.8 Å². The first-order chi connectivity index (χ1) is 9.58. The van der Waals surface area contributed by atoms with Crippen LogP contribution in [0.15, 0.2) is 36.4 Å². The van der Waals surface area contributed by atoms with Gasteiger partial charge < -0.3 is 5.11 Å². The van der Waals surface area contributed by atoms with Gasteiger partial charge in [-0.15, -0.1) is 5.10 Å². The lowest BCUT2D eigenvalue weighted by Crippen LogP contribution is -1.99. The fraction of sp³-hybridized carbons (Fsp3) is 0.0714. The maximum absolute atomic E-state index is 11.2. The van der Waals surface area contributed by atoms with Gasteiger partial charge in [0.2, 0.25) is 0 Å². The Morgan fingerprint density at radius 2 is 2.10 bits per heavy atom. The second kappa shape index (κ2) is 4.61. The van der Waals surface area contributed by atoms with Crippen molar-refractivity contribution in [1.29, 1.82) is 0 Å². The van der Waals surface area contributed by atoms with Crippen LogP contribution >= 0.6 is 11.6 Å². The summed E-state index contributed by atoms with van der Waals surface area (Å²) in [5, 5.41) is 17.7. The average molecular weight is 288 g/mol. The molecular weight excluding hydrogens is 278 g/mol. The molecule has 1 heterocycles. The summed E-state index contributed by atoms with van der Waals surface area (Å²) in [6.07, 6.45) is 0. The van der Waals surface area contributed by atoms with Gasteiger partial charge in [-0.3, -0.25) is 0 Å². The van der Waals surface area contributed by atoms with E-state index < -0.39 is 5.97 Å². The second-order valence-electron chi connectivity index (χ2n) is 4.43. The van der Waals surface area contributed by atoms with Crippen molar-refractivity contribution in [3.05, 3.63) is 52.5 Å². The third kappa shape index (κ3) is 1.92. The molecule has 0 aliphatic carbocycles. The Bertz CT molecular complexity index is 826. The molecule has 20 heavy (non-hydrogen) atoms. The molecule has 6 heteroatoms. The monoisotopic (exact) mass is 287 g/mol. The van der Waals surface area contributed by atoms with Gasteiger partial charge in [0.1, 0.15) is 5.52 Å². The SMILES string of the molecule is Cc1ccc(Cl)c(-n2nnc3c(C(=O)O)cccc32)c1. The first kappa shape index (κ1) is 12.6. The summed E-state index contributed by atoms with van der Waals surface area (Å²) in [4.78, 5) is 11.2. The molecule has 0 saturated heterocycles. The number of carboxylic acid groups (broad SMARTS) is 1. The Morgan fingerprint density at radius 1 is 1.30 bits per heavy atom. The van der Waals surface area contributed by atoms with Crippen molar-refractivity contribution in [2.45, 2.75) is 6.92 Å². The van der Waals surface area contributed by atoms with Crippen molar-refractivity contribution in [3.63, 3.8) is 0 Å². The van der Waals surface area contributed by atoms with Crippen LogP contribution in [0.25, 0.3) is 16.7 Å². The summed E-state index contributed by atoms with van der Waals surface area (Å²) in [5.41, 5.74) is 2.78. The predicted octanol–water partition coefficient (Wildman–Crippen LogP) is 3.08. The molecule has 0 radical (unpaired) electrons. The van der Waals surface area contributed by atoms with Gasteiger partial charge in [-0.25, -0.2) is 9.48 Å². The Labute approximate surface area is 119 Å².